The molecular weight excluding hydrogens is 394 g/mol. The predicted molar refractivity (Wildman–Crippen MR) is 84.1 cm³/mol. The molecule has 0 spiro atoms. The monoisotopic (exact) mass is 420 g/mol. The van der Waals surface area contributed by atoms with Gasteiger partial charge in [0.05, 0.1) is 9.52 Å². The fourth-order valence-corrected chi connectivity index (χ4v) is 4.76. The van der Waals surface area contributed by atoms with E-state index in [0.717, 1.165) is 0 Å². The van der Waals surface area contributed by atoms with Crippen LogP contribution in [0, 0.1) is 0 Å². The standard InChI is InChI=1S/C6H13F3O3Si.C6H13F3O2Si/c1-10-13(11-2,12-3)5-4-6(7,8)9;1-10-5(11-2)12-4-3-6(7,8)9/h4-5H2,1-3H3;5H,3-4,12H2,1-2H3. The van der Waals surface area contributed by atoms with Crippen molar-refractivity contribution in [3.8, 4) is 0 Å². The molecule has 0 aromatic heterocycles. The molecule has 154 valence electrons. The lowest BCUT2D eigenvalue weighted by atomic mass is 10.5. The first-order valence-corrected chi connectivity index (χ1v) is 11.0. The largest absolute Gasteiger partial charge is 0.500 e. The highest BCUT2D eigenvalue weighted by molar-refractivity contribution is 6.60. The molecule has 0 heterocycles. The summed E-state index contributed by atoms with van der Waals surface area (Å²) in [6.45, 7) is 0. The molecule has 0 bridgehead atoms. The van der Waals surface area contributed by atoms with E-state index in [0.29, 0.717) is 0 Å². The van der Waals surface area contributed by atoms with E-state index in [4.69, 9.17) is 22.8 Å². The van der Waals surface area contributed by atoms with Crippen LogP contribution in [0.4, 0.5) is 26.3 Å². The lowest BCUT2D eigenvalue weighted by Gasteiger charge is -2.24. The number of rotatable bonds is 10. The third kappa shape index (κ3) is 15.8. The lowest BCUT2D eigenvalue weighted by molar-refractivity contribution is -0.133. The molecule has 0 amide bonds. The molecule has 0 atom stereocenters. The molecule has 0 aromatic rings. The molecule has 0 aromatic carbocycles. The van der Waals surface area contributed by atoms with Crippen LogP contribution in [-0.2, 0) is 22.8 Å². The topological polar surface area (TPSA) is 46.2 Å². The first-order chi connectivity index (χ1) is 11.4. The van der Waals surface area contributed by atoms with Gasteiger partial charge in [0.25, 0.3) is 0 Å². The molecular formula is C12H26F6O5Si2. The van der Waals surface area contributed by atoms with Crippen LogP contribution in [0.3, 0.4) is 0 Å². The van der Waals surface area contributed by atoms with Crippen molar-refractivity contribution < 1.29 is 49.1 Å². The van der Waals surface area contributed by atoms with Gasteiger partial charge < -0.3 is 22.8 Å². The molecule has 0 N–H and O–H groups in total. The van der Waals surface area contributed by atoms with Gasteiger partial charge in [0.2, 0.25) is 0 Å². The van der Waals surface area contributed by atoms with Gasteiger partial charge in [-0.1, -0.05) is 0 Å². The number of ether oxygens (including phenoxy) is 2. The zero-order valence-corrected chi connectivity index (χ0v) is 17.3. The first-order valence-electron chi connectivity index (χ1n) is 7.23. The average molecular weight is 420 g/mol. The van der Waals surface area contributed by atoms with Crippen molar-refractivity contribution in [2.45, 2.75) is 43.2 Å². The highest BCUT2D eigenvalue weighted by atomic mass is 28.4. The van der Waals surface area contributed by atoms with E-state index >= 15 is 0 Å². The molecule has 0 saturated carbocycles. The molecule has 0 aliphatic heterocycles. The maximum absolute atomic E-state index is 11.9. The second kappa shape index (κ2) is 13.1. The Balaban J connectivity index is 0. The van der Waals surface area contributed by atoms with Crippen molar-refractivity contribution in [1.82, 2.24) is 0 Å². The van der Waals surface area contributed by atoms with Crippen molar-refractivity contribution in [3.05, 3.63) is 0 Å². The molecule has 5 nitrogen and oxygen atoms in total. The summed E-state index contributed by atoms with van der Waals surface area (Å²) in [7, 11) is 2.77. The van der Waals surface area contributed by atoms with Crippen molar-refractivity contribution in [1.29, 1.82) is 0 Å². The zero-order valence-electron chi connectivity index (χ0n) is 14.9. The van der Waals surface area contributed by atoms with Crippen LogP contribution in [-0.4, -0.2) is 72.1 Å². The maximum atomic E-state index is 11.9. The van der Waals surface area contributed by atoms with Gasteiger partial charge in [0.15, 0.2) is 0 Å². The van der Waals surface area contributed by atoms with E-state index in [2.05, 4.69) is 0 Å². The number of hydrogen-bond acceptors (Lipinski definition) is 5. The SMILES string of the molecule is COC(OC)[SiH2]CCC(F)(F)F.CO[Si](CCC(F)(F)F)(OC)OC. The molecule has 0 aliphatic carbocycles. The van der Waals surface area contributed by atoms with Crippen molar-refractivity contribution >= 4 is 18.3 Å². The molecule has 0 aliphatic rings. The van der Waals surface area contributed by atoms with Gasteiger partial charge in [-0.25, -0.2) is 0 Å². The summed E-state index contributed by atoms with van der Waals surface area (Å²) >= 11 is 0. The van der Waals surface area contributed by atoms with Gasteiger partial charge in [-0.3, -0.25) is 0 Å². The lowest BCUT2D eigenvalue weighted by Crippen LogP contribution is -2.43. The van der Waals surface area contributed by atoms with E-state index in [1.807, 2.05) is 0 Å². The third-order valence-electron chi connectivity index (χ3n) is 3.07. The van der Waals surface area contributed by atoms with E-state index in [9.17, 15) is 26.3 Å². The van der Waals surface area contributed by atoms with Gasteiger partial charge in [-0.15, -0.1) is 0 Å². The zero-order chi connectivity index (χ0) is 20.1. The second-order valence-corrected chi connectivity index (χ2v) is 9.86. The normalized spacial score (nSPS) is 13.4. The van der Waals surface area contributed by atoms with Crippen LogP contribution in [0.5, 0.6) is 0 Å². The van der Waals surface area contributed by atoms with Gasteiger partial charge in [0, 0.05) is 54.4 Å². The summed E-state index contributed by atoms with van der Waals surface area (Å²) < 4.78 is 94.6. The van der Waals surface area contributed by atoms with Gasteiger partial charge in [-0.2, -0.15) is 26.3 Å². The van der Waals surface area contributed by atoms with Crippen LogP contribution in [0.1, 0.15) is 12.8 Å². The van der Waals surface area contributed by atoms with Crippen LogP contribution in [0.15, 0.2) is 0 Å². The Kier molecular flexibility index (Phi) is 14.1. The second-order valence-electron chi connectivity index (χ2n) is 4.82. The number of halogens is 6. The summed E-state index contributed by atoms with van der Waals surface area (Å²) in [6, 6.07) is -0.0736. The first kappa shape index (κ1) is 27.0. The van der Waals surface area contributed by atoms with Crippen LogP contribution >= 0.6 is 0 Å². The molecule has 0 unspecified atom stereocenters. The maximum Gasteiger partial charge on any atom is 0.500 e. The summed E-state index contributed by atoms with van der Waals surface area (Å²) in [5.41, 5.74) is 0. The van der Waals surface area contributed by atoms with Gasteiger partial charge >= 0.3 is 21.2 Å². The van der Waals surface area contributed by atoms with E-state index < -0.39 is 43.5 Å². The summed E-state index contributed by atoms with van der Waals surface area (Å²) in [5, 5.41) is 0. The minimum atomic E-state index is -4.20. The summed E-state index contributed by atoms with van der Waals surface area (Å²) in [5.74, 6) is -0.382. The van der Waals surface area contributed by atoms with Crippen LogP contribution < -0.4 is 0 Å². The number of hydrogen-bond donors (Lipinski definition) is 0. The smallest absolute Gasteiger partial charge is 0.377 e. The van der Waals surface area contributed by atoms with E-state index in [-0.39, 0.29) is 18.0 Å². The van der Waals surface area contributed by atoms with Crippen LogP contribution in [0.2, 0.25) is 12.1 Å². The van der Waals surface area contributed by atoms with Gasteiger partial charge in [-0.05, 0) is 6.04 Å². The molecule has 0 radical (unpaired) electrons. The van der Waals surface area contributed by atoms with Crippen molar-refractivity contribution in [3.63, 3.8) is 0 Å². The summed E-state index contributed by atoms with van der Waals surface area (Å²) in [6.07, 6.45) is -9.91. The van der Waals surface area contributed by atoms with Gasteiger partial charge in [0.1, 0.15) is 5.91 Å². The highest BCUT2D eigenvalue weighted by Gasteiger charge is 2.42. The predicted octanol–water partition coefficient (Wildman–Crippen LogP) is 2.92. The Morgan fingerprint density at radius 3 is 1.44 bits per heavy atom. The molecule has 25 heavy (non-hydrogen) atoms. The Hall–Kier alpha value is -0.186. The van der Waals surface area contributed by atoms with Crippen LogP contribution in [0.25, 0.3) is 0 Å². The summed E-state index contributed by atoms with van der Waals surface area (Å²) in [4.78, 5) is 0. The van der Waals surface area contributed by atoms with Crippen molar-refractivity contribution in [2.75, 3.05) is 35.5 Å². The fourth-order valence-electron chi connectivity index (χ4n) is 1.65. The number of alkyl halides is 6. The minimum Gasteiger partial charge on any atom is -0.377 e. The van der Waals surface area contributed by atoms with Crippen molar-refractivity contribution in [2.24, 2.45) is 0 Å². The minimum absolute atomic E-state index is 0.176. The highest BCUT2D eigenvalue weighted by Crippen LogP contribution is 2.26. The molecule has 0 rings (SSSR count). The fraction of sp³-hybridized carbons (Fsp3) is 1.00. The quantitative estimate of drug-likeness (QED) is 0.309. The Morgan fingerprint density at radius 1 is 0.760 bits per heavy atom. The molecule has 13 heteroatoms. The third-order valence-corrected chi connectivity index (χ3v) is 7.70. The Morgan fingerprint density at radius 2 is 1.16 bits per heavy atom. The molecule has 0 fully saturated rings. The Bertz CT molecular complexity index is 314. The average Bonchev–Trinajstić information content (AvgIpc) is 2.52. The Labute approximate surface area is 147 Å². The number of methoxy groups -OCH3 is 2. The van der Waals surface area contributed by atoms with E-state index in [1.54, 1.807) is 0 Å². The van der Waals surface area contributed by atoms with E-state index in [1.165, 1.54) is 35.5 Å². The molecule has 0 saturated heterocycles.